The molecule has 1 atom stereocenters. The van der Waals surface area contributed by atoms with Crippen molar-refractivity contribution >= 4 is 11.6 Å². The highest BCUT2D eigenvalue weighted by molar-refractivity contribution is 6.06. The highest BCUT2D eigenvalue weighted by Crippen LogP contribution is 2.37. The smallest absolute Gasteiger partial charge is 0.251 e. The van der Waals surface area contributed by atoms with Crippen molar-refractivity contribution in [1.29, 1.82) is 0 Å². The molecule has 8 heteroatoms. The van der Waals surface area contributed by atoms with Crippen molar-refractivity contribution in [3.8, 4) is 23.0 Å². The molecule has 0 saturated carbocycles. The van der Waals surface area contributed by atoms with E-state index in [1.165, 1.54) is 12.1 Å². The van der Waals surface area contributed by atoms with Crippen LogP contribution in [0.2, 0.25) is 0 Å². The maximum Gasteiger partial charge on any atom is 0.251 e. The Morgan fingerprint density at radius 3 is 2.26 bits per heavy atom. The van der Waals surface area contributed by atoms with Crippen molar-refractivity contribution in [1.82, 2.24) is 10.2 Å². The number of nitrogens with zero attached hydrogens (tertiary/aromatic N) is 2. The zero-order valence-electron chi connectivity index (χ0n) is 18.1. The minimum atomic E-state index is -0.603. The third-order valence-electron chi connectivity index (χ3n) is 5.99. The predicted octanol–water partition coefficient (Wildman–Crippen LogP) is 2.77. The van der Waals surface area contributed by atoms with Crippen LogP contribution in [0.4, 0.5) is 0 Å². The molecule has 0 bridgehead atoms. The summed E-state index contributed by atoms with van der Waals surface area (Å²) in [7, 11) is 0. The first-order valence-electron chi connectivity index (χ1n) is 10.8. The minimum absolute atomic E-state index is 0.117. The lowest BCUT2D eigenvalue weighted by Gasteiger charge is -2.25. The van der Waals surface area contributed by atoms with Gasteiger partial charge in [0.05, 0.1) is 18.0 Å². The normalized spacial score (nSPS) is 17.4. The van der Waals surface area contributed by atoms with Crippen LogP contribution in [0, 0.1) is 0 Å². The summed E-state index contributed by atoms with van der Waals surface area (Å²) >= 11 is 0. The first kappa shape index (κ1) is 21.4. The zero-order chi connectivity index (χ0) is 23.8. The van der Waals surface area contributed by atoms with Crippen LogP contribution < -0.4 is 5.32 Å². The van der Waals surface area contributed by atoms with Gasteiger partial charge in [-0.05, 0) is 35.4 Å². The van der Waals surface area contributed by atoms with Crippen molar-refractivity contribution in [3.05, 3.63) is 94.9 Å². The molecule has 0 spiro atoms. The van der Waals surface area contributed by atoms with Gasteiger partial charge in [-0.1, -0.05) is 42.5 Å². The highest BCUT2D eigenvalue weighted by Gasteiger charge is 2.39. The van der Waals surface area contributed by atoms with E-state index in [-0.39, 0.29) is 18.2 Å². The summed E-state index contributed by atoms with van der Waals surface area (Å²) < 4.78 is 0. The third kappa shape index (κ3) is 4.01. The number of hydrogen-bond acceptors (Lipinski definition) is 7. The monoisotopic (exact) mass is 457 g/mol. The second-order valence-corrected chi connectivity index (χ2v) is 8.37. The van der Waals surface area contributed by atoms with Crippen molar-refractivity contribution in [3.63, 3.8) is 0 Å². The number of rotatable bonds is 5. The number of benzene rings is 3. The van der Waals surface area contributed by atoms with Gasteiger partial charge in [-0.15, -0.1) is 0 Å². The number of phenolic OH excluding ortho intramolecular Hbond substituents is 4. The Bertz CT molecular complexity index is 1290. The molecule has 8 nitrogen and oxygen atoms in total. The zero-order valence-corrected chi connectivity index (χ0v) is 18.1. The standard InChI is InChI=1S/C26H23N3O5/c30-18-8-6-16(7-9-18)11-20-26(34)29-14-21(17-12-22(31)24(33)23(32)13-17)27-19(25(29)28-20)10-15-4-2-1-3-5-15/h1-9,12-13,20,28,30-33H,10-11,14H2. The molecule has 1 fully saturated rings. The van der Waals surface area contributed by atoms with Crippen LogP contribution in [0.3, 0.4) is 0 Å². The van der Waals surface area contributed by atoms with Gasteiger partial charge < -0.3 is 25.7 Å². The summed E-state index contributed by atoms with van der Waals surface area (Å²) in [4.78, 5) is 19.8. The van der Waals surface area contributed by atoms with Crippen LogP contribution >= 0.6 is 0 Å². The molecule has 2 aliphatic rings. The van der Waals surface area contributed by atoms with Crippen LogP contribution in [0.1, 0.15) is 16.7 Å². The Hall–Kier alpha value is -4.46. The molecule has 0 aromatic heterocycles. The first-order valence-corrected chi connectivity index (χ1v) is 10.8. The van der Waals surface area contributed by atoms with Crippen molar-refractivity contribution in [2.24, 2.45) is 4.99 Å². The SMILES string of the molecule is O=C1C(Cc2ccc(O)cc2)NC2=C(Cc3ccccc3)N=C(c3cc(O)c(O)c(O)c3)CN12. The van der Waals surface area contributed by atoms with Gasteiger partial charge in [0.15, 0.2) is 17.2 Å². The molecule has 0 aliphatic carbocycles. The van der Waals surface area contributed by atoms with E-state index in [1.807, 2.05) is 30.3 Å². The van der Waals surface area contributed by atoms with Crippen LogP contribution in [-0.4, -0.2) is 49.5 Å². The number of allylic oxidation sites excluding steroid dienone is 1. The number of amides is 1. The number of hydrogen-bond donors (Lipinski definition) is 5. The molecular formula is C26H23N3O5. The molecule has 5 rings (SSSR count). The quantitative estimate of drug-likeness (QED) is 0.375. The summed E-state index contributed by atoms with van der Waals surface area (Å²) in [6, 6.07) is 18.6. The molecule has 1 unspecified atom stereocenters. The lowest BCUT2D eigenvalue weighted by Crippen LogP contribution is -2.36. The van der Waals surface area contributed by atoms with Crippen molar-refractivity contribution < 1.29 is 25.2 Å². The molecule has 2 heterocycles. The van der Waals surface area contributed by atoms with Gasteiger partial charge in [0.1, 0.15) is 17.6 Å². The van der Waals surface area contributed by atoms with Gasteiger partial charge in [-0.2, -0.15) is 0 Å². The van der Waals surface area contributed by atoms with E-state index in [0.717, 1.165) is 11.1 Å². The van der Waals surface area contributed by atoms with Gasteiger partial charge in [0.2, 0.25) is 0 Å². The minimum Gasteiger partial charge on any atom is -0.508 e. The maximum atomic E-state index is 13.4. The predicted molar refractivity (Wildman–Crippen MR) is 126 cm³/mol. The van der Waals surface area contributed by atoms with Crippen molar-refractivity contribution in [2.75, 3.05) is 6.54 Å². The summed E-state index contributed by atoms with van der Waals surface area (Å²) in [5.74, 6) is -0.852. The third-order valence-corrected chi connectivity index (χ3v) is 5.99. The second-order valence-electron chi connectivity index (χ2n) is 8.37. The summed E-state index contributed by atoms with van der Waals surface area (Å²) in [6.07, 6.45) is 0.909. The van der Waals surface area contributed by atoms with E-state index in [0.29, 0.717) is 35.6 Å². The number of carbonyl (C=O) groups excluding carboxylic acids is 1. The molecule has 1 saturated heterocycles. The number of fused-ring (bicyclic) bond motifs is 1. The number of carbonyl (C=O) groups is 1. The Labute approximate surface area is 195 Å². The summed E-state index contributed by atoms with van der Waals surface area (Å²) in [6.45, 7) is 0.148. The van der Waals surface area contributed by atoms with E-state index in [9.17, 15) is 25.2 Å². The largest absolute Gasteiger partial charge is 0.508 e. The van der Waals surface area contributed by atoms with E-state index in [4.69, 9.17) is 4.99 Å². The molecule has 34 heavy (non-hydrogen) atoms. The maximum absolute atomic E-state index is 13.4. The van der Waals surface area contributed by atoms with Crippen LogP contribution in [0.5, 0.6) is 23.0 Å². The average molecular weight is 457 g/mol. The number of aliphatic imine (C=N–C) groups is 1. The van der Waals surface area contributed by atoms with Gasteiger partial charge in [0.25, 0.3) is 5.91 Å². The lowest BCUT2D eigenvalue weighted by molar-refractivity contribution is -0.127. The topological polar surface area (TPSA) is 126 Å². The molecule has 172 valence electrons. The van der Waals surface area contributed by atoms with Crippen LogP contribution in [0.25, 0.3) is 0 Å². The van der Waals surface area contributed by atoms with E-state index >= 15 is 0 Å². The van der Waals surface area contributed by atoms with Crippen molar-refractivity contribution in [2.45, 2.75) is 18.9 Å². The number of aromatic hydroxyl groups is 4. The molecule has 3 aromatic rings. The van der Waals surface area contributed by atoms with Gasteiger partial charge >= 0.3 is 0 Å². The van der Waals surface area contributed by atoms with Gasteiger partial charge in [-0.25, -0.2) is 0 Å². The Morgan fingerprint density at radius 2 is 1.59 bits per heavy atom. The Morgan fingerprint density at radius 1 is 0.912 bits per heavy atom. The molecule has 0 radical (unpaired) electrons. The van der Waals surface area contributed by atoms with Gasteiger partial charge in [0, 0.05) is 18.4 Å². The molecule has 2 aliphatic heterocycles. The Balaban J connectivity index is 1.51. The fourth-order valence-corrected chi connectivity index (χ4v) is 4.25. The summed E-state index contributed by atoms with van der Waals surface area (Å²) in [5.41, 5.74) is 3.47. The molecular weight excluding hydrogens is 434 g/mol. The molecule has 5 N–H and O–H groups in total. The van der Waals surface area contributed by atoms with E-state index in [2.05, 4.69) is 5.32 Å². The second kappa shape index (κ2) is 8.47. The van der Waals surface area contributed by atoms with Gasteiger partial charge in [-0.3, -0.25) is 14.7 Å². The highest BCUT2D eigenvalue weighted by atomic mass is 16.3. The molecule has 1 amide bonds. The number of phenols is 4. The van der Waals surface area contributed by atoms with Crippen LogP contribution in [-0.2, 0) is 17.6 Å². The lowest BCUT2D eigenvalue weighted by atomic mass is 10.0. The van der Waals surface area contributed by atoms with E-state index in [1.54, 1.807) is 29.2 Å². The fourth-order valence-electron chi connectivity index (χ4n) is 4.25. The Kier molecular flexibility index (Phi) is 5.33. The van der Waals surface area contributed by atoms with E-state index < -0.39 is 23.3 Å². The fraction of sp³-hybridized carbons (Fsp3) is 0.154. The molecule has 3 aromatic carbocycles. The number of nitrogens with one attached hydrogen (secondary N) is 1. The van der Waals surface area contributed by atoms with Crippen LogP contribution in [0.15, 0.2) is 83.2 Å². The summed E-state index contributed by atoms with van der Waals surface area (Å²) in [5, 5.41) is 42.6. The first-order chi connectivity index (χ1) is 16.4. The average Bonchev–Trinajstić information content (AvgIpc) is 3.15.